The Labute approximate surface area is 40.3 Å². The van der Waals surface area contributed by atoms with Gasteiger partial charge in [-0.05, 0) is 0 Å². The summed E-state index contributed by atoms with van der Waals surface area (Å²) in [5, 5.41) is 1.98. The minimum Gasteiger partial charge on any atom is -0.209 e. The summed E-state index contributed by atoms with van der Waals surface area (Å²) in [6.45, 7) is 0. The molecule has 0 aliphatic carbocycles. The van der Waals surface area contributed by atoms with Crippen LogP contribution >= 0.6 is 11.3 Å². The summed E-state index contributed by atoms with van der Waals surface area (Å²) in [6, 6.07) is 1.91. The van der Waals surface area contributed by atoms with Gasteiger partial charge in [0, 0.05) is 12.3 Å². The summed E-state index contributed by atoms with van der Waals surface area (Å²) in [4.78, 5) is 3.80. The maximum absolute atomic E-state index is 3.80. The molecular weight excluding hydrogens is 94.1 g/mol. The Balaban J connectivity index is 3.00. The Morgan fingerprint density at radius 2 is 2.50 bits per heavy atom. The molecule has 0 bridgehead atoms. The van der Waals surface area contributed by atoms with Crippen LogP contribution in [0.5, 0.6) is 0 Å². The Bertz CT molecular complexity index is 79.5. The Morgan fingerprint density at radius 3 is 2.67 bits per heavy atom. The normalized spacial score (nSPS) is 8.00. The van der Waals surface area contributed by atoms with Crippen molar-refractivity contribution in [2.45, 2.75) is 0 Å². The molecule has 0 unspecified atom stereocenters. The lowest BCUT2D eigenvalue weighted by Gasteiger charge is -1.56. The van der Waals surface area contributed by atoms with Gasteiger partial charge in [0.05, 0.1) is 0 Å². The monoisotopic (exact) mass is 98.0 g/mol. The molecule has 30 valence electrons. The van der Waals surface area contributed by atoms with Crippen molar-refractivity contribution < 1.29 is 0 Å². The lowest BCUT2D eigenvalue weighted by molar-refractivity contribution is 1.39. The third-order valence-electron chi connectivity index (χ3n) is 0.451. The van der Waals surface area contributed by atoms with E-state index in [0.29, 0.717) is 0 Å². The van der Waals surface area contributed by atoms with Gasteiger partial charge in [0.25, 0.3) is 5.51 Å². The van der Waals surface area contributed by atoms with Gasteiger partial charge in [-0.15, -0.1) is 0 Å². The average Bonchev–Trinajstić information content (AvgIpc) is 1.72. The van der Waals surface area contributed by atoms with Gasteiger partial charge in [-0.3, -0.25) is 0 Å². The minimum absolute atomic E-state index is 1.59. The fourth-order valence-corrected chi connectivity index (χ4v) is 0.607. The molecule has 1 heterocycles. The van der Waals surface area contributed by atoms with Gasteiger partial charge in [-0.2, -0.15) is 0 Å². The van der Waals surface area contributed by atoms with Crippen LogP contribution in [0.15, 0.2) is 23.2 Å². The Kier molecular flexibility index (Phi) is 1.12. The molecule has 0 radical (unpaired) electrons. The van der Waals surface area contributed by atoms with E-state index in [4.69, 9.17) is 0 Å². The van der Waals surface area contributed by atoms with Crippen LogP contribution in [0.2, 0.25) is 0 Å². The zero-order valence-electron chi connectivity index (χ0n) is 3.16. The second-order valence-electron chi connectivity index (χ2n) is 0.868. The summed E-state index contributed by atoms with van der Waals surface area (Å²) in [7, 11) is 0. The zero-order valence-corrected chi connectivity index (χ0v) is 3.98. The van der Waals surface area contributed by atoms with E-state index >= 15 is 0 Å². The molecule has 0 aliphatic rings. The first-order valence-corrected chi connectivity index (χ1v) is 2.60. The number of nitrogens with zero attached hydrogens (tertiary/aromatic N) is 1. The molecule has 1 aromatic rings. The Morgan fingerprint density at radius 1 is 1.50 bits per heavy atom. The molecule has 0 amide bonds. The summed E-state index contributed by atoms with van der Waals surface area (Å²) < 4.78 is 0. The highest BCUT2D eigenvalue weighted by Gasteiger charge is 1.75. The molecule has 0 saturated heterocycles. The van der Waals surface area contributed by atoms with Gasteiger partial charge in [0.2, 0.25) is 11.3 Å². The van der Waals surface area contributed by atoms with Crippen molar-refractivity contribution in [2.24, 2.45) is 0 Å². The lowest BCUT2D eigenvalue weighted by Crippen LogP contribution is -1.54. The molecule has 0 aliphatic heterocycles. The fraction of sp³-hybridized carbons (Fsp3) is 0. The second-order valence-corrected chi connectivity index (χ2v) is 1.62. The summed E-state index contributed by atoms with van der Waals surface area (Å²) in [5.74, 6) is 0. The van der Waals surface area contributed by atoms with E-state index in [9.17, 15) is 0 Å². The van der Waals surface area contributed by atoms with Crippen molar-refractivity contribution >= 4 is 11.3 Å². The quantitative estimate of drug-likeness (QED) is 0.447. The molecule has 0 saturated carbocycles. The first-order valence-electron chi connectivity index (χ1n) is 1.65. The van der Waals surface area contributed by atoms with Gasteiger partial charge in [0.15, 0.2) is 5.38 Å². The van der Waals surface area contributed by atoms with Crippen LogP contribution < -0.4 is 0 Å². The summed E-state index contributed by atoms with van der Waals surface area (Å²) in [6.07, 6.45) is 1.76. The van der Waals surface area contributed by atoms with Crippen LogP contribution in [0, 0.1) is 0 Å². The smallest absolute Gasteiger partial charge is 0.209 e. The Hall–Kier alpha value is -0.500. The van der Waals surface area contributed by atoms with E-state index in [1.165, 1.54) is 0 Å². The molecule has 1 nitrogen and oxygen atoms in total. The molecule has 0 atom stereocenters. The van der Waals surface area contributed by atoms with E-state index in [-0.39, 0.29) is 0 Å². The van der Waals surface area contributed by atoms with Gasteiger partial charge < -0.3 is 0 Å². The first-order chi connectivity index (χ1) is 3.00. The van der Waals surface area contributed by atoms with E-state index in [0.717, 1.165) is 0 Å². The molecule has 2 heteroatoms. The predicted octanol–water partition coefficient (Wildman–Crippen LogP) is 1.42. The molecule has 1 aromatic heterocycles. The maximum atomic E-state index is 3.80. The minimum atomic E-state index is 1.59. The van der Waals surface area contributed by atoms with Crippen LogP contribution in [0.4, 0.5) is 0 Å². The molecule has 6 heavy (non-hydrogen) atoms. The topological polar surface area (TPSA) is 12.9 Å². The van der Waals surface area contributed by atoms with Crippen LogP contribution in [0.25, 0.3) is 0 Å². The highest BCUT2D eigenvalue weighted by atomic mass is 32.1. The molecule has 0 fully saturated rings. The highest BCUT2D eigenvalue weighted by molar-refractivity contribution is 7.07. The predicted molar refractivity (Wildman–Crippen MR) is 26.5 cm³/mol. The summed E-state index contributed by atoms with van der Waals surface area (Å²) in [5.41, 5.74) is 1.79. The van der Waals surface area contributed by atoms with E-state index < -0.39 is 0 Å². The number of hydrogen-bond acceptors (Lipinski definition) is 1. The molecular formula is C4H4NS+. The summed E-state index contributed by atoms with van der Waals surface area (Å²) >= 11 is 1.59. The third-order valence-corrected chi connectivity index (χ3v) is 1.01. The van der Waals surface area contributed by atoms with E-state index in [2.05, 4.69) is 4.98 Å². The van der Waals surface area contributed by atoms with Crippen molar-refractivity contribution in [3.63, 3.8) is 0 Å². The van der Waals surface area contributed by atoms with E-state index in [1.54, 1.807) is 23.0 Å². The first kappa shape index (κ1) is 3.68. The fourth-order valence-electron chi connectivity index (χ4n) is 0.236. The SMILES string of the molecule is c1cnc[s+]c1. The largest absolute Gasteiger partial charge is 0.286 e. The van der Waals surface area contributed by atoms with Crippen molar-refractivity contribution in [2.75, 3.05) is 0 Å². The van der Waals surface area contributed by atoms with Gasteiger partial charge in [0.1, 0.15) is 0 Å². The second kappa shape index (κ2) is 1.82. The number of aromatic nitrogens is 1. The lowest BCUT2D eigenvalue weighted by atomic mass is 10.8. The van der Waals surface area contributed by atoms with Crippen molar-refractivity contribution in [3.8, 4) is 0 Å². The zero-order chi connectivity index (χ0) is 4.24. The van der Waals surface area contributed by atoms with Gasteiger partial charge in [-0.1, -0.05) is 0 Å². The third kappa shape index (κ3) is 0.723. The molecule has 0 aromatic carbocycles. The van der Waals surface area contributed by atoms with Gasteiger partial charge >= 0.3 is 0 Å². The molecule has 1 rings (SSSR count). The average molecular weight is 98.1 g/mol. The van der Waals surface area contributed by atoms with Crippen molar-refractivity contribution in [3.05, 3.63) is 23.2 Å². The van der Waals surface area contributed by atoms with Crippen molar-refractivity contribution in [1.82, 2.24) is 4.98 Å². The van der Waals surface area contributed by atoms with Crippen molar-refractivity contribution in [1.29, 1.82) is 0 Å². The van der Waals surface area contributed by atoms with Crippen LogP contribution in [-0.4, -0.2) is 4.98 Å². The van der Waals surface area contributed by atoms with Gasteiger partial charge in [-0.25, -0.2) is 4.98 Å². The standard InChI is InChI=1S/C4H4NS/c1-2-5-4-6-3-1/h1-4H/q+1. The molecule has 0 spiro atoms. The van der Waals surface area contributed by atoms with Crippen LogP contribution in [-0.2, 0) is 0 Å². The molecule has 0 N–H and O–H groups in total. The van der Waals surface area contributed by atoms with Crippen LogP contribution in [0.1, 0.15) is 0 Å². The van der Waals surface area contributed by atoms with E-state index in [1.807, 2.05) is 11.4 Å². The number of hydrogen-bond donors (Lipinski definition) is 0. The van der Waals surface area contributed by atoms with Crippen LogP contribution in [0.3, 0.4) is 0 Å². The maximum Gasteiger partial charge on any atom is 0.286 e. The number of rotatable bonds is 0. The highest BCUT2D eigenvalue weighted by Crippen LogP contribution is 1.85.